The fourth-order valence-corrected chi connectivity index (χ4v) is 2.38. The van der Waals surface area contributed by atoms with E-state index in [2.05, 4.69) is 47.4 Å². The van der Waals surface area contributed by atoms with E-state index >= 15 is 0 Å². The lowest BCUT2D eigenvalue weighted by Gasteiger charge is -2.21. The quantitative estimate of drug-likeness (QED) is 0.787. The van der Waals surface area contributed by atoms with Gasteiger partial charge in [-0.1, -0.05) is 36.7 Å². The van der Waals surface area contributed by atoms with Gasteiger partial charge in [0.05, 0.1) is 0 Å². The Morgan fingerprint density at radius 1 is 1.19 bits per heavy atom. The van der Waals surface area contributed by atoms with Crippen LogP contribution in [0.3, 0.4) is 0 Å². The summed E-state index contributed by atoms with van der Waals surface area (Å²) >= 11 is 5.93. The molecule has 0 saturated carbocycles. The maximum absolute atomic E-state index is 5.93. The van der Waals surface area contributed by atoms with Crippen molar-refractivity contribution >= 4 is 17.4 Å². The fraction of sp³-hybridized carbons (Fsp3) is 0.353. The molecule has 0 fully saturated rings. The van der Waals surface area contributed by atoms with Crippen LogP contribution in [0.15, 0.2) is 42.6 Å². The highest BCUT2D eigenvalue weighted by atomic mass is 35.5. The van der Waals surface area contributed by atoms with Crippen molar-refractivity contribution in [3.8, 4) is 0 Å². The van der Waals surface area contributed by atoms with Crippen LogP contribution < -0.4 is 10.2 Å². The van der Waals surface area contributed by atoms with Gasteiger partial charge < -0.3 is 10.2 Å². The SMILES string of the molecule is CCCNCc1cccnc1N(C)Cc1ccc(Cl)cc1. The van der Waals surface area contributed by atoms with Crippen LogP contribution in [-0.2, 0) is 13.1 Å². The molecule has 1 heterocycles. The Hall–Kier alpha value is -1.58. The number of nitrogens with zero attached hydrogens (tertiary/aromatic N) is 2. The number of pyridine rings is 1. The van der Waals surface area contributed by atoms with Crippen molar-refractivity contribution < 1.29 is 0 Å². The molecule has 1 N–H and O–H groups in total. The topological polar surface area (TPSA) is 28.2 Å². The Labute approximate surface area is 132 Å². The third kappa shape index (κ3) is 4.73. The smallest absolute Gasteiger partial charge is 0.133 e. The monoisotopic (exact) mass is 303 g/mol. The molecule has 0 unspecified atom stereocenters. The Morgan fingerprint density at radius 2 is 1.95 bits per heavy atom. The third-order valence-corrected chi connectivity index (χ3v) is 3.56. The summed E-state index contributed by atoms with van der Waals surface area (Å²) in [6, 6.07) is 12.1. The number of halogens is 1. The van der Waals surface area contributed by atoms with E-state index < -0.39 is 0 Å². The van der Waals surface area contributed by atoms with Gasteiger partial charge in [0, 0.05) is 36.9 Å². The van der Waals surface area contributed by atoms with Crippen molar-refractivity contribution in [3.05, 3.63) is 58.7 Å². The molecule has 112 valence electrons. The molecule has 0 spiro atoms. The van der Waals surface area contributed by atoms with E-state index in [1.165, 1.54) is 11.1 Å². The molecule has 0 amide bonds. The Morgan fingerprint density at radius 3 is 2.67 bits per heavy atom. The van der Waals surface area contributed by atoms with Crippen LogP contribution in [0.25, 0.3) is 0 Å². The molecular weight excluding hydrogens is 282 g/mol. The fourth-order valence-electron chi connectivity index (χ4n) is 2.25. The molecule has 0 bridgehead atoms. The van der Waals surface area contributed by atoms with E-state index in [4.69, 9.17) is 11.6 Å². The summed E-state index contributed by atoms with van der Waals surface area (Å²) in [7, 11) is 2.07. The van der Waals surface area contributed by atoms with E-state index in [1.807, 2.05) is 24.4 Å². The second-order valence-electron chi connectivity index (χ2n) is 5.15. The van der Waals surface area contributed by atoms with E-state index in [0.29, 0.717) is 0 Å². The Bertz CT molecular complexity index is 554. The summed E-state index contributed by atoms with van der Waals surface area (Å²) in [6.07, 6.45) is 2.98. The van der Waals surface area contributed by atoms with Crippen LogP contribution in [-0.4, -0.2) is 18.6 Å². The van der Waals surface area contributed by atoms with Gasteiger partial charge in [0.25, 0.3) is 0 Å². The molecule has 2 rings (SSSR count). The number of benzene rings is 1. The molecule has 4 heteroatoms. The summed E-state index contributed by atoms with van der Waals surface area (Å²) < 4.78 is 0. The lowest BCUT2D eigenvalue weighted by molar-refractivity contribution is 0.671. The first-order valence-corrected chi connectivity index (χ1v) is 7.68. The number of aromatic nitrogens is 1. The zero-order valence-electron chi connectivity index (χ0n) is 12.6. The van der Waals surface area contributed by atoms with Gasteiger partial charge in [0.1, 0.15) is 5.82 Å². The van der Waals surface area contributed by atoms with Gasteiger partial charge in [0.15, 0.2) is 0 Å². The zero-order chi connectivity index (χ0) is 15.1. The molecule has 0 radical (unpaired) electrons. The predicted octanol–water partition coefficient (Wildman–Crippen LogP) is 3.87. The van der Waals surface area contributed by atoms with Crippen molar-refractivity contribution in [3.63, 3.8) is 0 Å². The minimum atomic E-state index is 0.767. The number of anilines is 1. The molecule has 0 aliphatic heterocycles. The third-order valence-electron chi connectivity index (χ3n) is 3.30. The summed E-state index contributed by atoms with van der Waals surface area (Å²) in [5, 5.41) is 4.20. The highest BCUT2D eigenvalue weighted by molar-refractivity contribution is 6.30. The average Bonchev–Trinajstić information content (AvgIpc) is 2.50. The molecule has 2 aromatic rings. The largest absolute Gasteiger partial charge is 0.355 e. The molecule has 0 aliphatic rings. The summed E-state index contributed by atoms with van der Waals surface area (Å²) in [4.78, 5) is 6.70. The number of hydrogen-bond acceptors (Lipinski definition) is 3. The molecule has 0 atom stereocenters. The van der Waals surface area contributed by atoms with Crippen LogP contribution in [0.2, 0.25) is 5.02 Å². The van der Waals surface area contributed by atoms with E-state index in [0.717, 1.165) is 36.9 Å². The van der Waals surface area contributed by atoms with Crippen molar-refractivity contribution in [2.45, 2.75) is 26.4 Å². The van der Waals surface area contributed by atoms with Gasteiger partial charge in [-0.05, 0) is 36.7 Å². The van der Waals surface area contributed by atoms with Crippen LogP contribution in [0.5, 0.6) is 0 Å². The molecule has 1 aromatic carbocycles. The van der Waals surface area contributed by atoms with Crippen molar-refractivity contribution in [2.75, 3.05) is 18.5 Å². The maximum atomic E-state index is 5.93. The highest BCUT2D eigenvalue weighted by Crippen LogP contribution is 2.19. The number of rotatable bonds is 7. The Kier molecular flexibility index (Phi) is 6.03. The van der Waals surface area contributed by atoms with Crippen LogP contribution in [0.1, 0.15) is 24.5 Å². The molecule has 21 heavy (non-hydrogen) atoms. The van der Waals surface area contributed by atoms with Gasteiger partial charge in [-0.25, -0.2) is 4.98 Å². The van der Waals surface area contributed by atoms with E-state index in [9.17, 15) is 0 Å². The Balaban J connectivity index is 2.07. The lowest BCUT2D eigenvalue weighted by Crippen LogP contribution is -2.22. The second-order valence-corrected chi connectivity index (χ2v) is 5.58. The number of hydrogen-bond donors (Lipinski definition) is 1. The summed E-state index contributed by atoms with van der Waals surface area (Å²) in [5.74, 6) is 1.02. The first-order chi connectivity index (χ1) is 10.2. The van der Waals surface area contributed by atoms with Gasteiger partial charge in [0.2, 0.25) is 0 Å². The standard InChI is InChI=1S/C17H22ClN3/c1-3-10-19-12-15-5-4-11-20-17(15)21(2)13-14-6-8-16(18)9-7-14/h4-9,11,19H,3,10,12-13H2,1-2H3. The van der Waals surface area contributed by atoms with Gasteiger partial charge >= 0.3 is 0 Å². The maximum Gasteiger partial charge on any atom is 0.133 e. The van der Waals surface area contributed by atoms with Crippen LogP contribution in [0, 0.1) is 0 Å². The zero-order valence-corrected chi connectivity index (χ0v) is 13.4. The van der Waals surface area contributed by atoms with E-state index in [-0.39, 0.29) is 0 Å². The molecule has 0 saturated heterocycles. The van der Waals surface area contributed by atoms with Gasteiger partial charge in [-0.2, -0.15) is 0 Å². The lowest BCUT2D eigenvalue weighted by atomic mass is 10.2. The molecule has 1 aromatic heterocycles. The molecule has 0 aliphatic carbocycles. The van der Waals surface area contributed by atoms with Crippen molar-refractivity contribution in [2.24, 2.45) is 0 Å². The highest BCUT2D eigenvalue weighted by Gasteiger charge is 2.09. The molecule has 3 nitrogen and oxygen atoms in total. The summed E-state index contributed by atoms with van der Waals surface area (Å²) in [5.41, 5.74) is 2.45. The predicted molar refractivity (Wildman–Crippen MR) is 89.8 cm³/mol. The van der Waals surface area contributed by atoms with Crippen LogP contribution in [0.4, 0.5) is 5.82 Å². The average molecular weight is 304 g/mol. The van der Waals surface area contributed by atoms with E-state index in [1.54, 1.807) is 0 Å². The normalized spacial score (nSPS) is 10.6. The van der Waals surface area contributed by atoms with Crippen molar-refractivity contribution in [1.29, 1.82) is 0 Å². The number of nitrogens with one attached hydrogen (secondary N) is 1. The first-order valence-electron chi connectivity index (χ1n) is 7.31. The second kappa shape index (κ2) is 8.01. The molecular formula is C17H22ClN3. The van der Waals surface area contributed by atoms with Gasteiger partial charge in [-0.15, -0.1) is 0 Å². The first kappa shape index (κ1) is 15.8. The minimum absolute atomic E-state index is 0.767. The van der Waals surface area contributed by atoms with Crippen LogP contribution >= 0.6 is 11.6 Å². The van der Waals surface area contributed by atoms with Gasteiger partial charge in [-0.3, -0.25) is 0 Å². The summed E-state index contributed by atoms with van der Waals surface area (Å²) in [6.45, 7) is 4.86. The van der Waals surface area contributed by atoms with Crippen molar-refractivity contribution in [1.82, 2.24) is 10.3 Å². The minimum Gasteiger partial charge on any atom is -0.355 e.